The van der Waals surface area contributed by atoms with Crippen molar-refractivity contribution >= 4 is 0 Å². The molecule has 0 aliphatic carbocycles. The van der Waals surface area contributed by atoms with Crippen LogP contribution in [0.1, 0.15) is 20.3 Å². The molecule has 1 nitrogen and oxygen atoms in total. The molecule has 1 unspecified atom stereocenters. The number of rotatable bonds is 0. The van der Waals surface area contributed by atoms with Crippen LogP contribution in [0.25, 0.3) is 0 Å². The first-order valence-electron chi connectivity index (χ1n) is 3.81. The van der Waals surface area contributed by atoms with E-state index in [0.717, 1.165) is 13.0 Å². The van der Waals surface area contributed by atoms with Gasteiger partial charge in [-0.3, -0.25) is 0 Å². The molecule has 1 aliphatic rings. The highest BCUT2D eigenvalue weighted by Crippen LogP contribution is 2.24. The van der Waals surface area contributed by atoms with Crippen LogP contribution in [-0.2, 0) is 4.74 Å². The average Bonchev–Trinajstić information content (AvgIpc) is 1.88. The second-order valence-electron chi connectivity index (χ2n) is 3.13. The normalized spacial score (nSPS) is 40.7. The molecule has 10 heavy (non-hydrogen) atoms. The molecule has 1 fully saturated rings. The topological polar surface area (TPSA) is 9.23 Å². The molecule has 0 aromatic carbocycles. The van der Waals surface area contributed by atoms with Crippen molar-refractivity contribution in [3.63, 3.8) is 0 Å². The van der Waals surface area contributed by atoms with Gasteiger partial charge in [0.1, 0.15) is 0 Å². The van der Waals surface area contributed by atoms with Gasteiger partial charge in [0.15, 0.2) is 0 Å². The summed E-state index contributed by atoms with van der Waals surface area (Å²) in [6, 6.07) is 0. The molecule has 0 saturated carbocycles. The second-order valence-corrected chi connectivity index (χ2v) is 3.13. The van der Waals surface area contributed by atoms with Gasteiger partial charge in [-0.1, -0.05) is 6.92 Å². The van der Waals surface area contributed by atoms with Crippen LogP contribution in [0.2, 0.25) is 0 Å². The third kappa shape index (κ3) is 1.52. The predicted molar refractivity (Wildman–Crippen MR) is 41.5 cm³/mol. The monoisotopic (exact) mass is 138 g/mol. The summed E-state index contributed by atoms with van der Waals surface area (Å²) in [6.07, 6.45) is 6.82. The smallest absolute Gasteiger partial charge is 0.0610 e. The minimum atomic E-state index is 0.344. The Balaban J connectivity index is 2.45. The SMILES string of the molecule is C#C[C@@H]1CO[C@@H](C)CC1C. The summed E-state index contributed by atoms with van der Waals surface area (Å²) in [4.78, 5) is 0. The molecular formula is C9H14O. The molecule has 0 spiro atoms. The maximum atomic E-state index is 5.41. The number of hydrogen-bond acceptors (Lipinski definition) is 1. The number of terminal acetylenes is 1. The molecule has 3 atom stereocenters. The first-order chi connectivity index (χ1) is 4.74. The summed E-state index contributed by atoms with van der Waals surface area (Å²) < 4.78 is 5.41. The van der Waals surface area contributed by atoms with Gasteiger partial charge in [-0.25, -0.2) is 0 Å². The van der Waals surface area contributed by atoms with E-state index in [2.05, 4.69) is 19.8 Å². The van der Waals surface area contributed by atoms with Crippen molar-refractivity contribution in [2.45, 2.75) is 26.4 Å². The van der Waals surface area contributed by atoms with Gasteiger partial charge in [-0.05, 0) is 19.3 Å². The Labute approximate surface area is 62.8 Å². The van der Waals surface area contributed by atoms with Crippen LogP contribution in [0.4, 0.5) is 0 Å². The lowest BCUT2D eigenvalue weighted by atomic mass is 9.88. The van der Waals surface area contributed by atoms with Gasteiger partial charge < -0.3 is 4.74 Å². The lowest BCUT2D eigenvalue weighted by molar-refractivity contribution is -0.0150. The molecule has 1 rings (SSSR count). The Bertz CT molecular complexity index is 145. The molecule has 56 valence electrons. The van der Waals surface area contributed by atoms with E-state index >= 15 is 0 Å². The van der Waals surface area contributed by atoms with Crippen molar-refractivity contribution in [3.05, 3.63) is 0 Å². The fourth-order valence-electron chi connectivity index (χ4n) is 1.40. The standard InChI is InChI=1S/C9H14O/c1-4-9-6-10-8(3)5-7(9)2/h1,7-9H,5-6H2,2-3H3/t7?,8-,9+/m0/s1. The van der Waals surface area contributed by atoms with E-state index in [4.69, 9.17) is 11.2 Å². The molecular weight excluding hydrogens is 124 g/mol. The molecule has 0 amide bonds. The summed E-state index contributed by atoms with van der Waals surface area (Å²) in [5, 5.41) is 0. The zero-order chi connectivity index (χ0) is 7.56. The van der Waals surface area contributed by atoms with Crippen LogP contribution in [-0.4, -0.2) is 12.7 Å². The first-order valence-corrected chi connectivity index (χ1v) is 3.81. The van der Waals surface area contributed by atoms with Gasteiger partial charge in [0, 0.05) is 5.92 Å². The molecule has 1 saturated heterocycles. The zero-order valence-corrected chi connectivity index (χ0v) is 6.63. The third-order valence-electron chi connectivity index (χ3n) is 2.16. The molecule has 0 radical (unpaired) electrons. The van der Waals surface area contributed by atoms with Gasteiger partial charge in [-0.2, -0.15) is 0 Å². The second kappa shape index (κ2) is 3.07. The molecule has 1 heteroatoms. The highest BCUT2D eigenvalue weighted by molar-refractivity contribution is 4.97. The summed E-state index contributed by atoms with van der Waals surface area (Å²) >= 11 is 0. The first kappa shape index (κ1) is 7.63. The van der Waals surface area contributed by atoms with Gasteiger partial charge in [0.2, 0.25) is 0 Å². The average molecular weight is 138 g/mol. The van der Waals surface area contributed by atoms with Crippen LogP contribution in [0.3, 0.4) is 0 Å². The van der Waals surface area contributed by atoms with Crippen molar-refractivity contribution < 1.29 is 4.74 Å². The largest absolute Gasteiger partial charge is 0.377 e. The fourth-order valence-corrected chi connectivity index (χ4v) is 1.40. The van der Waals surface area contributed by atoms with E-state index in [1.54, 1.807) is 0 Å². The van der Waals surface area contributed by atoms with Crippen LogP contribution in [0, 0.1) is 24.2 Å². The number of hydrogen-bond donors (Lipinski definition) is 0. The Kier molecular flexibility index (Phi) is 2.34. The van der Waals surface area contributed by atoms with E-state index in [-0.39, 0.29) is 0 Å². The maximum Gasteiger partial charge on any atom is 0.0610 e. The van der Waals surface area contributed by atoms with Crippen molar-refractivity contribution in [3.8, 4) is 12.3 Å². The molecule has 1 aliphatic heterocycles. The fraction of sp³-hybridized carbons (Fsp3) is 0.778. The van der Waals surface area contributed by atoms with Crippen LogP contribution < -0.4 is 0 Å². The summed E-state index contributed by atoms with van der Waals surface area (Å²) in [5.74, 6) is 3.73. The Morgan fingerprint density at radius 2 is 2.20 bits per heavy atom. The van der Waals surface area contributed by atoms with Crippen LogP contribution in [0.15, 0.2) is 0 Å². The maximum absolute atomic E-state index is 5.41. The lowest BCUT2D eigenvalue weighted by Gasteiger charge is -2.29. The zero-order valence-electron chi connectivity index (χ0n) is 6.63. The van der Waals surface area contributed by atoms with Gasteiger partial charge in [-0.15, -0.1) is 12.3 Å². The lowest BCUT2D eigenvalue weighted by Crippen LogP contribution is -2.29. The predicted octanol–water partition coefficient (Wildman–Crippen LogP) is 1.68. The summed E-state index contributed by atoms with van der Waals surface area (Å²) in [7, 11) is 0. The minimum Gasteiger partial charge on any atom is -0.377 e. The summed E-state index contributed by atoms with van der Waals surface area (Å²) in [6.45, 7) is 5.05. The highest BCUT2D eigenvalue weighted by Gasteiger charge is 2.23. The van der Waals surface area contributed by atoms with E-state index in [0.29, 0.717) is 17.9 Å². The van der Waals surface area contributed by atoms with E-state index in [1.807, 2.05) is 0 Å². The van der Waals surface area contributed by atoms with Crippen LogP contribution in [0.5, 0.6) is 0 Å². The number of ether oxygens (including phenoxy) is 1. The quantitative estimate of drug-likeness (QED) is 0.463. The van der Waals surface area contributed by atoms with Crippen molar-refractivity contribution in [1.29, 1.82) is 0 Å². The van der Waals surface area contributed by atoms with Crippen molar-refractivity contribution in [2.24, 2.45) is 11.8 Å². The van der Waals surface area contributed by atoms with Gasteiger partial charge in [0.05, 0.1) is 12.7 Å². The molecule has 0 N–H and O–H groups in total. The molecule has 0 bridgehead atoms. The summed E-state index contributed by atoms with van der Waals surface area (Å²) in [5.41, 5.74) is 0. The van der Waals surface area contributed by atoms with Gasteiger partial charge >= 0.3 is 0 Å². The molecule has 0 aromatic heterocycles. The Hall–Kier alpha value is -0.480. The minimum absolute atomic E-state index is 0.344. The molecule has 0 aromatic rings. The van der Waals surface area contributed by atoms with E-state index in [1.165, 1.54) is 0 Å². The Morgan fingerprint density at radius 3 is 2.70 bits per heavy atom. The molecule has 1 heterocycles. The van der Waals surface area contributed by atoms with Crippen molar-refractivity contribution in [2.75, 3.05) is 6.61 Å². The van der Waals surface area contributed by atoms with Crippen molar-refractivity contribution in [1.82, 2.24) is 0 Å². The van der Waals surface area contributed by atoms with Gasteiger partial charge in [0.25, 0.3) is 0 Å². The highest BCUT2D eigenvalue weighted by atomic mass is 16.5. The Morgan fingerprint density at radius 1 is 1.50 bits per heavy atom. The van der Waals surface area contributed by atoms with Crippen LogP contribution >= 0.6 is 0 Å². The van der Waals surface area contributed by atoms with E-state index in [9.17, 15) is 0 Å². The van der Waals surface area contributed by atoms with E-state index < -0.39 is 0 Å². The third-order valence-corrected chi connectivity index (χ3v) is 2.16.